The average molecular weight is 548 g/mol. The van der Waals surface area contributed by atoms with Crippen molar-refractivity contribution in [2.24, 2.45) is 0 Å². The third-order valence-electron chi connectivity index (χ3n) is 6.74. The molecular weight excluding hydrogens is 514 g/mol. The summed E-state index contributed by atoms with van der Waals surface area (Å²) in [6.45, 7) is 1.34. The van der Waals surface area contributed by atoms with Crippen molar-refractivity contribution < 1.29 is 28.7 Å². The van der Waals surface area contributed by atoms with E-state index in [1.165, 1.54) is 15.4 Å². The number of nitrogens with one attached hydrogen (secondary N) is 2. The Bertz CT molecular complexity index is 1390. The van der Waals surface area contributed by atoms with Crippen molar-refractivity contribution in [1.29, 1.82) is 0 Å². The summed E-state index contributed by atoms with van der Waals surface area (Å²) < 4.78 is 11.2. The number of fused-ring (bicyclic) bond motifs is 3. The molecule has 0 saturated carbocycles. The van der Waals surface area contributed by atoms with Gasteiger partial charge in [-0.25, -0.2) is 9.59 Å². The first kappa shape index (κ1) is 28.2. The Morgan fingerprint density at radius 2 is 1.65 bits per heavy atom. The fourth-order valence-corrected chi connectivity index (χ4v) is 4.41. The summed E-state index contributed by atoms with van der Waals surface area (Å²) in [5, 5.41) is 6.91. The quantitative estimate of drug-likeness (QED) is 0.374. The number of ether oxygens (including phenoxy) is 2. The molecule has 0 spiro atoms. The topological polar surface area (TPSA) is 121 Å². The molecule has 0 radical (unpaired) electrons. The number of hydrogen-bond donors (Lipinski definition) is 2. The maximum atomic E-state index is 12.9. The molecule has 1 heterocycles. The van der Waals surface area contributed by atoms with Crippen molar-refractivity contribution in [2.45, 2.75) is 13.0 Å². The lowest BCUT2D eigenvalue weighted by atomic mass is 10.0. The number of carbonyl (C=O) groups excluding carboxylic acids is 4. The molecule has 40 heavy (non-hydrogen) atoms. The molecule has 0 unspecified atom stereocenters. The van der Waals surface area contributed by atoms with Gasteiger partial charge in [0.25, 0.3) is 0 Å². The maximum absolute atomic E-state index is 12.9. The van der Waals surface area contributed by atoms with Crippen molar-refractivity contribution in [1.82, 2.24) is 15.1 Å². The van der Waals surface area contributed by atoms with Crippen LogP contribution in [0.2, 0.25) is 0 Å². The second-order valence-electron chi connectivity index (χ2n) is 9.60. The molecule has 3 aromatic carbocycles. The van der Waals surface area contributed by atoms with Gasteiger partial charge in [0.15, 0.2) is 0 Å². The first-order chi connectivity index (χ1) is 19.3. The highest BCUT2D eigenvalue weighted by Crippen LogP contribution is 2.39. The molecular formula is C29H33N5O6. The minimum Gasteiger partial charge on any atom is -0.445 e. The summed E-state index contributed by atoms with van der Waals surface area (Å²) >= 11 is 0. The van der Waals surface area contributed by atoms with E-state index in [9.17, 15) is 19.2 Å². The van der Waals surface area contributed by atoms with Crippen molar-refractivity contribution in [3.63, 3.8) is 0 Å². The Labute approximate surface area is 232 Å². The number of benzene rings is 3. The van der Waals surface area contributed by atoms with Crippen molar-refractivity contribution in [3.8, 4) is 5.75 Å². The van der Waals surface area contributed by atoms with Gasteiger partial charge in [-0.05, 0) is 35.1 Å². The third kappa shape index (κ3) is 6.79. The standard InChI is InChI=1S/C29H33N5O6/c1-32-13-12-23-22-6-4-5-7-24(22)26(16-25(23)32)40-29(38)34(3)15-14-33(2)28(37)39-18-20-8-10-21(11-9-20)31-27(36)17-30-19-35/h4-11,16,19H,12-15,17-18H2,1-3H3,(H,30,35)(H,31,36). The van der Waals surface area contributed by atoms with Crippen LogP contribution in [0.3, 0.4) is 0 Å². The molecule has 0 saturated heterocycles. The van der Waals surface area contributed by atoms with Gasteiger partial charge >= 0.3 is 12.2 Å². The van der Waals surface area contributed by atoms with Gasteiger partial charge < -0.3 is 34.8 Å². The summed E-state index contributed by atoms with van der Waals surface area (Å²) in [6, 6.07) is 16.6. The van der Waals surface area contributed by atoms with Crippen LogP contribution in [-0.4, -0.2) is 81.6 Å². The summed E-state index contributed by atoms with van der Waals surface area (Å²) in [5.41, 5.74) is 3.62. The number of carbonyl (C=O) groups is 4. The zero-order chi connectivity index (χ0) is 28.6. The first-order valence-corrected chi connectivity index (χ1v) is 12.9. The first-order valence-electron chi connectivity index (χ1n) is 12.9. The van der Waals surface area contributed by atoms with Gasteiger partial charge in [-0.1, -0.05) is 36.4 Å². The van der Waals surface area contributed by atoms with Crippen LogP contribution in [0.25, 0.3) is 10.8 Å². The summed E-state index contributed by atoms with van der Waals surface area (Å²) in [7, 11) is 5.25. The molecule has 0 bridgehead atoms. The molecule has 4 rings (SSSR count). The van der Waals surface area contributed by atoms with Gasteiger partial charge in [-0.2, -0.15) is 0 Å². The van der Waals surface area contributed by atoms with Gasteiger partial charge in [0, 0.05) is 63.6 Å². The summed E-state index contributed by atoms with van der Waals surface area (Å²) in [4.78, 5) is 52.2. The van der Waals surface area contributed by atoms with E-state index in [0.29, 0.717) is 17.8 Å². The van der Waals surface area contributed by atoms with Gasteiger partial charge in [0.05, 0.1) is 6.54 Å². The molecule has 4 amide bonds. The molecule has 0 fully saturated rings. The van der Waals surface area contributed by atoms with Crippen LogP contribution in [0.5, 0.6) is 5.75 Å². The number of rotatable bonds is 10. The smallest absolute Gasteiger partial charge is 0.415 e. The lowest BCUT2D eigenvalue weighted by Gasteiger charge is -2.22. The minimum atomic E-state index is -0.535. The molecule has 0 aromatic heterocycles. The molecule has 3 aromatic rings. The zero-order valence-corrected chi connectivity index (χ0v) is 22.8. The van der Waals surface area contributed by atoms with Crippen LogP contribution in [0.1, 0.15) is 11.1 Å². The molecule has 1 aliphatic rings. The second kappa shape index (κ2) is 12.8. The van der Waals surface area contributed by atoms with E-state index in [2.05, 4.69) is 21.6 Å². The van der Waals surface area contributed by atoms with Gasteiger partial charge in [0.1, 0.15) is 12.4 Å². The van der Waals surface area contributed by atoms with Crippen LogP contribution in [0.15, 0.2) is 54.6 Å². The highest BCUT2D eigenvalue weighted by molar-refractivity contribution is 5.97. The van der Waals surface area contributed by atoms with Crippen LogP contribution in [0, 0.1) is 0 Å². The predicted molar refractivity (Wildman–Crippen MR) is 152 cm³/mol. The van der Waals surface area contributed by atoms with Crippen LogP contribution in [0.4, 0.5) is 21.0 Å². The predicted octanol–water partition coefficient (Wildman–Crippen LogP) is 3.22. The van der Waals surface area contributed by atoms with E-state index < -0.39 is 12.2 Å². The average Bonchev–Trinajstić information content (AvgIpc) is 3.34. The molecule has 1 aliphatic heterocycles. The number of nitrogens with zero attached hydrogens (tertiary/aromatic N) is 3. The number of likely N-dealkylation sites (N-methyl/N-ethyl adjacent to an activating group) is 3. The van der Waals surface area contributed by atoms with Crippen molar-refractivity contribution >= 4 is 46.7 Å². The molecule has 0 atom stereocenters. The normalized spacial score (nSPS) is 11.9. The van der Waals surface area contributed by atoms with E-state index in [1.807, 2.05) is 31.3 Å². The lowest BCUT2D eigenvalue weighted by Crippen LogP contribution is -2.38. The summed E-state index contributed by atoms with van der Waals surface area (Å²) in [6.07, 6.45) is 0.356. The fraction of sp³-hybridized carbons (Fsp3) is 0.310. The third-order valence-corrected chi connectivity index (χ3v) is 6.74. The molecule has 210 valence electrons. The highest BCUT2D eigenvalue weighted by atomic mass is 16.6. The highest BCUT2D eigenvalue weighted by Gasteiger charge is 2.23. The number of hydrogen-bond acceptors (Lipinski definition) is 7. The lowest BCUT2D eigenvalue weighted by molar-refractivity contribution is -0.118. The Morgan fingerprint density at radius 1 is 0.975 bits per heavy atom. The second-order valence-corrected chi connectivity index (χ2v) is 9.60. The Hall–Kier alpha value is -4.80. The van der Waals surface area contributed by atoms with Crippen LogP contribution >= 0.6 is 0 Å². The van der Waals surface area contributed by atoms with Crippen molar-refractivity contribution in [3.05, 3.63) is 65.7 Å². The van der Waals surface area contributed by atoms with E-state index >= 15 is 0 Å². The van der Waals surface area contributed by atoms with Crippen LogP contribution < -0.4 is 20.3 Å². The van der Waals surface area contributed by atoms with Gasteiger partial charge in [0.2, 0.25) is 12.3 Å². The van der Waals surface area contributed by atoms with E-state index in [-0.39, 0.29) is 32.1 Å². The Kier molecular flexibility index (Phi) is 9.05. The molecule has 11 nitrogen and oxygen atoms in total. The van der Waals surface area contributed by atoms with Crippen LogP contribution in [-0.2, 0) is 27.4 Å². The SMILES string of the molecule is CN(CCN(C)C(=O)Oc1cc2c(c3ccccc13)CCN2C)C(=O)OCc1ccc(NC(=O)CNC=O)cc1. The molecule has 2 N–H and O–H groups in total. The minimum absolute atomic E-state index is 0.0435. The largest absolute Gasteiger partial charge is 0.445 e. The van der Waals surface area contributed by atoms with Gasteiger partial charge in [-0.3, -0.25) is 9.59 Å². The monoisotopic (exact) mass is 547 g/mol. The van der Waals surface area contributed by atoms with Crippen molar-refractivity contribution in [2.75, 3.05) is 57.5 Å². The summed E-state index contributed by atoms with van der Waals surface area (Å²) in [5.74, 6) is 0.158. The molecule has 11 heteroatoms. The van der Waals surface area contributed by atoms with E-state index in [4.69, 9.17) is 9.47 Å². The van der Waals surface area contributed by atoms with E-state index in [1.54, 1.807) is 38.4 Å². The Morgan fingerprint density at radius 3 is 2.35 bits per heavy atom. The zero-order valence-electron chi connectivity index (χ0n) is 22.8. The van der Waals surface area contributed by atoms with Gasteiger partial charge in [-0.15, -0.1) is 0 Å². The number of anilines is 2. The fourth-order valence-electron chi connectivity index (χ4n) is 4.41. The van der Waals surface area contributed by atoms with E-state index in [0.717, 1.165) is 35.0 Å². The molecule has 0 aliphatic carbocycles. The number of amides is 4. The Balaban J connectivity index is 1.25. The maximum Gasteiger partial charge on any atom is 0.415 e.